The molecule has 71 heavy (non-hydrogen) atoms. The summed E-state index contributed by atoms with van der Waals surface area (Å²) in [7, 11) is -10.0. The minimum atomic E-state index is -5.04. The Hall–Kier alpha value is -5.03. The van der Waals surface area contributed by atoms with Gasteiger partial charge in [-0.2, -0.15) is 16.8 Å². The molecule has 1 aromatic carbocycles. The third-order valence-electron chi connectivity index (χ3n) is 9.56. The molecule has 27 heteroatoms. The molecular weight excluding hydrogens is 977 g/mol. The Bertz CT molecular complexity index is 2120. The molecular formula is C44H74N8O17S2. The molecule has 0 aliphatic carbocycles. The van der Waals surface area contributed by atoms with Crippen LogP contribution in [0.1, 0.15) is 67.9 Å². The van der Waals surface area contributed by atoms with Gasteiger partial charge in [-0.3, -0.25) is 57.5 Å². The molecule has 1 aromatic rings. The van der Waals surface area contributed by atoms with Gasteiger partial charge in [0.1, 0.15) is 47.0 Å². The molecule has 1 aliphatic heterocycles. The molecule has 0 saturated carbocycles. The van der Waals surface area contributed by atoms with E-state index in [0.717, 1.165) is 0 Å². The molecule has 2 atom stereocenters. The highest BCUT2D eigenvalue weighted by Gasteiger charge is 2.33. The lowest BCUT2D eigenvalue weighted by Crippen LogP contribution is -2.58. The Morgan fingerprint density at radius 2 is 0.887 bits per heavy atom. The SMILES string of the molecule is CC(C)(C)OC(=O)CN1CCN(CC(=O)NC(CS(=O)(=O)O)C(=O)N[C@@H](CS(=O)(=O)O)C(=O)NCCNC(=O)OCc2ccccc2)CCN(CC(=O)OC(C)(C)C)CCN(CC(=O)OC(C)(C)C)CC1. The number of benzene rings is 1. The van der Waals surface area contributed by atoms with Crippen LogP contribution in [0.3, 0.4) is 0 Å². The summed E-state index contributed by atoms with van der Waals surface area (Å²) in [6.45, 7) is 15.2. The minimum Gasteiger partial charge on any atom is -0.459 e. The molecule has 1 unspecified atom stereocenters. The van der Waals surface area contributed by atoms with Crippen molar-refractivity contribution in [3.8, 4) is 0 Å². The van der Waals surface area contributed by atoms with Gasteiger partial charge >= 0.3 is 24.0 Å². The number of hydrogen-bond donors (Lipinski definition) is 6. The summed E-state index contributed by atoms with van der Waals surface area (Å²) < 4.78 is 89.3. The van der Waals surface area contributed by atoms with Crippen molar-refractivity contribution < 1.29 is 78.5 Å². The van der Waals surface area contributed by atoms with Gasteiger partial charge in [0.25, 0.3) is 20.2 Å². The van der Waals surface area contributed by atoms with E-state index in [1.165, 1.54) is 0 Å². The zero-order chi connectivity index (χ0) is 53.8. The van der Waals surface area contributed by atoms with Gasteiger partial charge in [0.15, 0.2) is 0 Å². The van der Waals surface area contributed by atoms with Crippen LogP contribution in [0.4, 0.5) is 4.79 Å². The lowest BCUT2D eigenvalue weighted by Gasteiger charge is -2.34. The Labute approximate surface area is 416 Å². The molecule has 404 valence electrons. The van der Waals surface area contributed by atoms with Gasteiger partial charge < -0.3 is 40.2 Å². The summed E-state index contributed by atoms with van der Waals surface area (Å²) in [5.74, 6) is -7.99. The second-order valence-corrected chi connectivity index (χ2v) is 22.8. The number of ether oxygens (including phenoxy) is 4. The fraction of sp³-hybridized carbons (Fsp3) is 0.705. The van der Waals surface area contributed by atoms with Crippen LogP contribution >= 0.6 is 0 Å². The number of esters is 3. The number of rotatable bonds is 21. The zero-order valence-electron chi connectivity index (χ0n) is 42.2. The van der Waals surface area contributed by atoms with Crippen molar-refractivity contribution in [2.45, 2.75) is 97.8 Å². The van der Waals surface area contributed by atoms with Crippen LogP contribution in [-0.2, 0) is 74.6 Å². The van der Waals surface area contributed by atoms with E-state index in [9.17, 15) is 59.5 Å². The van der Waals surface area contributed by atoms with Crippen LogP contribution < -0.4 is 21.3 Å². The van der Waals surface area contributed by atoms with Crippen molar-refractivity contribution >= 4 is 62.0 Å². The van der Waals surface area contributed by atoms with E-state index in [4.69, 9.17) is 18.9 Å². The van der Waals surface area contributed by atoms with Crippen LogP contribution in [0.25, 0.3) is 0 Å². The molecule has 25 nitrogen and oxygen atoms in total. The summed E-state index contributed by atoms with van der Waals surface area (Å²) in [5.41, 5.74) is -1.68. The van der Waals surface area contributed by atoms with Gasteiger partial charge in [0.05, 0.1) is 26.2 Å². The second kappa shape index (κ2) is 28.3. The number of amides is 4. The quantitative estimate of drug-likeness (QED) is 0.0373. The summed E-state index contributed by atoms with van der Waals surface area (Å²) >= 11 is 0. The highest BCUT2D eigenvalue weighted by Crippen LogP contribution is 2.12. The molecule has 4 amide bonds. The van der Waals surface area contributed by atoms with E-state index in [1.54, 1.807) is 107 Å². The normalized spacial score (nSPS) is 16.4. The molecule has 1 heterocycles. The molecule has 0 bridgehead atoms. The van der Waals surface area contributed by atoms with Gasteiger partial charge in [0, 0.05) is 65.4 Å². The predicted octanol–water partition coefficient (Wildman–Crippen LogP) is -0.979. The lowest BCUT2D eigenvalue weighted by molar-refractivity contribution is -0.158. The van der Waals surface area contributed by atoms with Crippen LogP contribution in [0.2, 0.25) is 0 Å². The number of alkyl carbamates (subject to hydrolysis) is 1. The summed E-state index contributed by atoms with van der Waals surface area (Å²) in [6, 6.07) is 4.54. The summed E-state index contributed by atoms with van der Waals surface area (Å²) in [6.07, 6.45) is -0.845. The first kappa shape index (κ1) is 62.1. The first-order chi connectivity index (χ1) is 32.6. The Kier molecular flexibility index (Phi) is 24.7. The smallest absolute Gasteiger partial charge is 0.407 e. The third kappa shape index (κ3) is 30.5. The fourth-order valence-corrected chi connectivity index (χ4v) is 7.94. The van der Waals surface area contributed by atoms with E-state index in [0.29, 0.717) is 5.56 Å². The Morgan fingerprint density at radius 3 is 1.25 bits per heavy atom. The molecule has 0 aromatic heterocycles. The minimum absolute atomic E-state index is 0.0530. The van der Waals surface area contributed by atoms with Crippen LogP contribution in [0, 0.1) is 0 Å². The van der Waals surface area contributed by atoms with E-state index >= 15 is 0 Å². The lowest BCUT2D eigenvalue weighted by atomic mass is 10.2. The number of carbonyl (C=O) groups is 7. The predicted molar refractivity (Wildman–Crippen MR) is 258 cm³/mol. The first-order valence-electron chi connectivity index (χ1n) is 22.9. The highest BCUT2D eigenvalue weighted by atomic mass is 32.2. The maximum Gasteiger partial charge on any atom is 0.407 e. The monoisotopic (exact) mass is 1050 g/mol. The molecule has 6 N–H and O–H groups in total. The standard InChI is InChI=1S/C44H74N8O17S2/c1-42(2,3)67-36(54)26-50-19-17-49(18-20-51(27-37(55)68-43(4,5)6)22-24-52(23-21-50)28-38(56)69-44(7,8)9)25-35(53)47-34(31-71(63,64)65)40(58)48-33(30-70(60,61)62)39(57)45-15-16-46-41(59)66-29-32-13-11-10-12-14-32/h10-14,33-34H,15-31H2,1-9H3,(H,45,57)(H,46,59)(H,47,53)(H,48,58)(H,60,61,62)(H,63,64,65)/t33-,34?/m0/s1. The van der Waals surface area contributed by atoms with Gasteiger partial charge in [0.2, 0.25) is 17.7 Å². The number of hydrogen-bond acceptors (Lipinski definition) is 19. The van der Waals surface area contributed by atoms with Gasteiger partial charge in [-0.15, -0.1) is 0 Å². The Balaban J connectivity index is 2.34. The molecule has 1 saturated heterocycles. The van der Waals surface area contributed by atoms with E-state index in [-0.39, 0.29) is 91.7 Å². The maximum absolute atomic E-state index is 13.8. The van der Waals surface area contributed by atoms with Crippen LogP contribution in [-0.4, -0.2) is 219 Å². The van der Waals surface area contributed by atoms with Crippen molar-refractivity contribution in [2.24, 2.45) is 0 Å². The molecule has 1 aliphatic rings. The summed E-state index contributed by atoms with van der Waals surface area (Å²) in [4.78, 5) is 98.7. The van der Waals surface area contributed by atoms with Crippen LogP contribution in [0.5, 0.6) is 0 Å². The topological polar surface area (TPSA) is 326 Å². The van der Waals surface area contributed by atoms with E-state index in [1.807, 2.05) is 10.2 Å². The first-order valence-corrected chi connectivity index (χ1v) is 26.1. The van der Waals surface area contributed by atoms with Crippen molar-refractivity contribution in [3.63, 3.8) is 0 Å². The largest absolute Gasteiger partial charge is 0.459 e. The number of nitrogens with one attached hydrogen (secondary N) is 4. The average Bonchev–Trinajstić information content (AvgIpc) is 3.19. The van der Waals surface area contributed by atoms with Crippen molar-refractivity contribution in [2.75, 3.05) is 103 Å². The average molecular weight is 1050 g/mol. The number of nitrogens with zero attached hydrogens (tertiary/aromatic N) is 4. The fourth-order valence-electron chi connectivity index (χ4n) is 6.63. The van der Waals surface area contributed by atoms with Crippen LogP contribution in [0.15, 0.2) is 30.3 Å². The molecule has 2 rings (SSSR count). The zero-order valence-corrected chi connectivity index (χ0v) is 43.8. The van der Waals surface area contributed by atoms with Gasteiger partial charge in [-0.1, -0.05) is 30.3 Å². The molecule has 1 fully saturated rings. The van der Waals surface area contributed by atoms with Crippen molar-refractivity contribution in [1.82, 2.24) is 40.9 Å². The maximum atomic E-state index is 13.8. The molecule has 0 spiro atoms. The Morgan fingerprint density at radius 1 is 0.535 bits per heavy atom. The van der Waals surface area contributed by atoms with E-state index in [2.05, 4.69) is 16.0 Å². The van der Waals surface area contributed by atoms with Gasteiger partial charge in [-0.05, 0) is 67.9 Å². The summed E-state index contributed by atoms with van der Waals surface area (Å²) in [5, 5.41) is 8.86. The highest BCUT2D eigenvalue weighted by molar-refractivity contribution is 7.86. The van der Waals surface area contributed by atoms with Crippen molar-refractivity contribution in [1.29, 1.82) is 0 Å². The number of carbonyl (C=O) groups excluding carboxylic acids is 7. The van der Waals surface area contributed by atoms with Gasteiger partial charge in [-0.25, -0.2) is 4.79 Å². The van der Waals surface area contributed by atoms with E-state index < -0.39 is 109 Å². The third-order valence-corrected chi connectivity index (χ3v) is 11.1. The second-order valence-electron chi connectivity index (χ2n) is 19.8. The van der Waals surface area contributed by atoms with Crippen molar-refractivity contribution in [3.05, 3.63) is 35.9 Å². The molecule has 0 radical (unpaired) electrons.